The first-order valence-electron chi connectivity index (χ1n) is 6.55. The van der Waals surface area contributed by atoms with Crippen molar-refractivity contribution in [2.24, 2.45) is 0 Å². The largest absolute Gasteiger partial charge is 0.492 e. The molecule has 0 saturated carbocycles. The molecule has 110 valence electrons. The van der Waals surface area contributed by atoms with E-state index in [9.17, 15) is 13.6 Å². The average Bonchev–Trinajstić information content (AvgIpc) is 2.45. The highest BCUT2D eigenvalue weighted by Gasteiger charge is 2.11. The second-order valence-electron chi connectivity index (χ2n) is 4.39. The first-order valence-corrected chi connectivity index (χ1v) is 6.55. The van der Waals surface area contributed by atoms with Gasteiger partial charge in [0, 0.05) is 6.07 Å². The van der Waals surface area contributed by atoms with Gasteiger partial charge in [0.2, 0.25) is 5.91 Å². The van der Waals surface area contributed by atoms with Gasteiger partial charge in [-0.1, -0.05) is 18.2 Å². The maximum atomic E-state index is 13.5. The molecule has 0 aromatic heterocycles. The zero-order valence-electron chi connectivity index (χ0n) is 11.5. The van der Waals surface area contributed by atoms with E-state index in [-0.39, 0.29) is 12.2 Å². The number of hydrogen-bond donors (Lipinski definition) is 1. The monoisotopic (exact) mass is 291 g/mol. The third-order valence-corrected chi connectivity index (χ3v) is 2.83. The SMILES string of the molecule is CCOc1cc(F)ccc1NC(=O)Cc1ccccc1F. The first kappa shape index (κ1) is 15.0. The Bertz CT molecular complexity index is 644. The molecule has 0 atom stereocenters. The van der Waals surface area contributed by atoms with Crippen molar-refractivity contribution in [1.29, 1.82) is 0 Å². The van der Waals surface area contributed by atoms with Gasteiger partial charge in [0.15, 0.2) is 0 Å². The summed E-state index contributed by atoms with van der Waals surface area (Å²) in [5, 5.41) is 2.60. The summed E-state index contributed by atoms with van der Waals surface area (Å²) in [7, 11) is 0. The van der Waals surface area contributed by atoms with Gasteiger partial charge in [0.1, 0.15) is 17.4 Å². The molecular weight excluding hydrogens is 276 g/mol. The lowest BCUT2D eigenvalue weighted by molar-refractivity contribution is -0.115. The van der Waals surface area contributed by atoms with E-state index in [2.05, 4.69) is 5.32 Å². The van der Waals surface area contributed by atoms with Gasteiger partial charge in [-0.25, -0.2) is 8.78 Å². The van der Waals surface area contributed by atoms with Crippen molar-refractivity contribution in [1.82, 2.24) is 0 Å². The molecule has 0 radical (unpaired) electrons. The third kappa shape index (κ3) is 4.02. The minimum atomic E-state index is -0.453. The lowest BCUT2D eigenvalue weighted by Crippen LogP contribution is -2.16. The lowest BCUT2D eigenvalue weighted by atomic mass is 10.1. The second-order valence-corrected chi connectivity index (χ2v) is 4.39. The Morgan fingerprint density at radius 1 is 1.19 bits per heavy atom. The lowest BCUT2D eigenvalue weighted by Gasteiger charge is -2.11. The normalized spacial score (nSPS) is 10.2. The predicted octanol–water partition coefficient (Wildman–Crippen LogP) is 3.54. The number of benzene rings is 2. The highest BCUT2D eigenvalue weighted by molar-refractivity contribution is 5.93. The van der Waals surface area contributed by atoms with Gasteiger partial charge in [-0.15, -0.1) is 0 Å². The van der Waals surface area contributed by atoms with Crippen molar-refractivity contribution in [3.8, 4) is 5.75 Å². The van der Waals surface area contributed by atoms with Crippen LogP contribution in [-0.2, 0) is 11.2 Å². The fourth-order valence-electron chi connectivity index (χ4n) is 1.88. The second kappa shape index (κ2) is 6.83. The van der Waals surface area contributed by atoms with Gasteiger partial charge >= 0.3 is 0 Å². The number of hydrogen-bond acceptors (Lipinski definition) is 2. The van der Waals surface area contributed by atoms with Crippen LogP contribution < -0.4 is 10.1 Å². The molecular formula is C16H15F2NO2. The smallest absolute Gasteiger partial charge is 0.229 e. The molecule has 0 fully saturated rings. The van der Waals surface area contributed by atoms with Gasteiger partial charge in [0.05, 0.1) is 18.7 Å². The Kier molecular flexibility index (Phi) is 4.87. The Labute approximate surface area is 121 Å². The first-order chi connectivity index (χ1) is 10.1. The van der Waals surface area contributed by atoms with Crippen molar-refractivity contribution in [3.63, 3.8) is 0 Å². The number of nitrogens with one attached hydrogen (secondary N) is 1. The Morgan fingerprint density at radius 3 is 2.67 bits per heavy atom. The van der Waals surface area contributed by atoms with Crippen LogP contribution >= 0.6 is 0 Å². The van der Waals surface area contributed by atoms with Gasteiger partial charge < -0.3 is 10.1 Å². The number of ether oxygens (including phenoxy) is 1. The highest BCUT2D eigenvalue weighted by Crippen LogP contribution is 2.25. The average molecular weight is 291 g/mol. The van der Waals surface area contributed by atoms with Gasteiger partial charge in [-0.3, -0.25) is 4.79 Å². The van der Waals surface area contributed by atoms with Gasteiger partial charge in [-0.2, -0.15) is 0 Å². The van der Waals surface area contributed by atoms with E-state index in [0.29, 0.717) is 17.9 Å². The number of halogens is 2. The van der Waals surface area contributed by atoms with Crippen LogP contribution in [0, 0.1) is 11.6 Å². The Morgan fingerprint density at radius 2 is 1.95 bits per heavy atom. The van der Waals surface area contributed by atoms with Crippen molar-refractivity contribution in [2.45, 2.75) is 13.3 Å². The summed E-state index contributed by atoms with van der Waals surface area (Å²) in [4.78, 5) is 11.9. The summed E-state index contributed by atoms with van der Waals surface area (Å²) in [6.07, 6.45) is -0.102. The van der Waals surface area contributed by atoms with Crippen LogP contribution in [0.1, 0.15) is 12.5 Å². The standard InChI is InChI=1S/C16H15F2NO2/c1-2-21-15-10-12(17)7-8-14(15)19-16(20)9-11-5-3-4-6-13(11)18/h3-8,10H,2,9H2,1H3,(H,19,20). The molecule has 0 aliphatic heterocycles. The van der Waals surface area contributed by atoms with Crippen LogP contribution in [-0.4, -0.2) is 12.5 Å². The maximum Gasteiger partial charge on any atom is 0.229 e. The van der Waals surface area contributed by atoms with E-state index < -0.39 is 17.5 Å². The van der Waals surface area contributed by atoms with Crippen molar-refractivity contribution in [3.05, 3.63) is 59.7 Å². The molecule has 1 amide bonds. The highest BCUT2D eigenvalue weighted by atomic mass is 19.1. The zero-order chi connectivity index (χ0) is 15.2. The van der Waals surface area contributed by atoms with E-state index in [0.717, 1.165) is 0 Å². The summed E-state index contributed by atoms with van der Waals surface area (Å²) in [6, 6.07) is 9.90. The number of amides is 1. The molecule has 0 spiro atoms. The molecule has 2 aromatic carbocycles. The molecule has 2 rings (SSSR count). The van der Waals surface area contributed by atoms with Crippen molar-refractivity contribution < 1.29 is 18.3 Å². The maximum absolute atomic E-state index is 13.5. The van der Waals surface area contributed by atoms with Crippen LogP contribution in [0.3, 0.4) is 0 Å². The van der Waals surface area contributed by atoms with E-state index >= 15 is 0 Å². The summed E-state index contributed by atoms with van der Waals surface area (Å²) < 4.78 is 31.9. The fraction of sp³-hybridized carbons (Fsp3) is 0.188. The van der Waals surface area contributed by atoms with E-state index in [1.165, 1.54) is 24.3 Å². The van der Waals surface area contributed by atoms with Gasteiger partial charge in [0.25, 0.3) is 0 Å². The molecule has 0 saturated heterocycles. The molecule has 0 unspecified atom stereocenters. The number of rotatable bonds is 5. The molecule has 3 nitrogen and oxygen atoms in total. The van der Waals surface area contributed by atoms with Crippen LogP contribution in [0.4, 0.5) is 14.5 Å². The zero-order valence-corrected chi connectivity index (χ0v) is 11.5. The molecule has 1 N–H and O–H groups in total. The molecule has 5 heteroatoms. The van der Waals surface area contributed by atoms with E-state index in [4.69, 9.17) is 4.74 Å². The number of carbonyl (C=O) groups excluding carboxylic acids is 1. The molecule has 2 aromatic rings. The minimum Gasteiger partial charge on any atom is -0.492 e. The topological polar surface area (TPSA) is 38.3 Å². The van der Waals surface area contributed by atoms with Crippen molar-refractivity contribution >= 4 is 11.6 Å². The molecule has 0 heterocycles. The van der Waals surface area contributed by atoms with Crippen LogP contribution in [0.5, 0.6) is 5.75 Å². The van der Waals surface area contributed by atoms with Crippen molar-refractivity contribution in [2.75, 3.05) is 11.9 Å². The fourth-order valence-corrected chi connectivity index (χ4v) is 1.88. The van der Waals surface area contributed by atoms with Crippen LogP contribution in [0.2, 0.25) is 0 Å². The quantitative estimate of drug-likeness (QED) is 0.915. The summed E-state index contributed by atoms with van der Waals surface area (Å²) in [5.41, 5.74) is 0.662. The molecule has 0 aliphatic carbocycles. The minimum absolute atomic E-state index is 0.102. The van der Waals surface area contributed by atoms with E-state index in [1.54, 1.807) is 25.1 Å². The summed E-state index contributed by atoms with van der Waals surface area (Å²) >= 11 is 0. The summed E-state index contributed by atoms with van der Waals surface area (Å²) in [6.45, 7) is 2.11. The Balaban J connectivity index is 2.11. The Hall–Kier alpha value is -2.43. The molecule has 21 heavy (non-hydrogen) atoms. The third-order valence-electron chi connectivity index (χ3n) is 2.83. The van der Waals surface area contributed by atoms with Gasteiger partial charge in [-0.05, 0) is 30.7 Å². The predicted molar refractivity (Wildman–Crippen MR) is 76.3 cm³/mol. The van der Waals surface area contributed by atoms with Crippen LogP contribution in [0.25, 0.3) is 0 Å². The number of carbonyl (C=O) groups is 1. The van der Waals surface area contributed by atoms with E-state index in [1.807, 2.05) is 0 Å². The summed E-state index contributed by atoms with van der Waals surface area (Å²) in [5.74, 6) is -1.03. The number of anilines is 1. The van der Waals surface area contributed by atoms with Crippen LogP contribution in [0.15, 0.2) is 42.5 Å². The molecule has 0 aliphatic rings. The molecule has 0 bridgehead atoms.